The maximum Gasteiger partial charge on any atom is 0.321 e. The van der Waals surface area contributed by atoms with Crippen LogP contribution in [0.4, 0.5) is 4.79 Å². The molecule has 150 valence electrons. The highest BCUT2D eigenvalue weighted by Gasteiger charge is 2.23. The molecule has 7 nitrogen and oxygen atoms in total. The molecule has 1 atom stereocenters. The summed E-state index contributed by atoms with van der Waals surface area (Å²) in [6, 6.07) is 8.80. The van der Waals surface area contributed by atoms with Crippen LogP contribution in [0, 0.1) is 5.92 Å². The van der Waals surface area contributed by atoms with Crippen LogP contribution >= 0.6 is 11.3 Å². The van der Waals surface area contributed by atoms with Crippen molar-refractivity contribution in [2.45, 2.75) is 39.3 Å². The minimum atomic E-state index is -0.595. The first-order valence-electron chi connectivity index (χ1n) is 9.62. The fourth-order valence-electron chi connectivity index (χ4n) is 3.62. The normalized spacial score (nSPS) is 15.7. The number of hydrogen-bond acceptors (Lipinski definition) is 5. The summed E-state index contributed by atoms with van der Waals surface area (Å²) in [5.41, 5.74) is 1.79. The summed E-state index contributed by atoms with van der Waals surface area (Å²) >= 11 is 1.57. The van der Waals surface area contributed by atoms with Gasteiger partial charge in [-0.2, -0.15) is 0 Å². The molecule has 29 heavy (non-hydrogen) atoms. The summed E-state index contributed by atoms with van der Waals surface area (Å²) in [4.78, 5) is 43.4. The predicted molar refractivity (Wildman–Crippen MR) is 112 cm³/mol. The van der Waals surface area contributed by atoms with Gasteiger partial charge in [0.05, 0.1) is 11.7 Å². The van der Waals surface area contributed by atoms with E-state index in [2.05, 4.69) is 22.5 Å². The van der Waals surface area contributed by atoms with E-state index in [0.29, 0.717) is 17.8 Å². The van der Waals surface area contributed by atoms with Gasteiger partial charge in [0, 0.05) is 11.4 Å². The number of rotatable bonds is 4. The zero-order valence-corrected chi connectivity index (χ0v) is 16.9. The third kappa shape index (κ3) is 4.22. The lowest BCUT2D eigenvalue weighted by atomic mass is 9.89. The van der Waals surface area contributed by atoms with E-state index in [0.717, 1.165) is 35.2 Å². The number of hydrogen-bond donors (Lipinski definition) is 2. The minimum Gasteiger partial charge on any atom is -0.334 e. The molecule has 3 amide bonds. The van der Waals surface area contributed by atoms with E-state index in [-0.39, 0.29) is 12.1 Å². The standard InChI is InChI=1S/C21H22N4O3S/c1-13-7-8-15-16(9-13)29-19-18(15)20(27)25(12-23-19)11-17(26)24-21(28)22-10-14-5-3-2-4-6-14/h2-6,12-13H,7-11H2,1H3,(H2,22,24,26,28)/t13-/m1/s1. The minimum absolute atomic E-state index is 0.220. The van der Waals surface area contributed by atoms with E-state index in [4.69, 9.17) is 0 Å². The number of aromatic nitrogens is 2. The van der Waals surface area contributed by atoms with Gasteiger partial charge in [0.2, 0.25) is 5.91 Å². The molecule has 0 saturated carbocycles. The Morgan fingerprint density at radius 2 is 2.07 bits per heavy atom. The highest BCUT2D eigenvalue weighted by atomic mass is 32.1. The van der Waals surface area contributed by atoms with Crippen molar-refractivity contribution < 1.29 is 9.59 Å². The Hall–Kier alpha value is -3.00. The molecular formula is C21H22N4O3S. The van der Waals surface area contributed by atoms with Crippen LogP contribution < -0.4 is 16.2 Å². The number of amides is 3. The Bertz CT molecular complexity index is 1120. The number of thiophene rings is 1. The summed E-state index contributed by atoms with van der Waals surface area (Å²) in [6.45, 7) is 2.28. The number of nitrogens with one attached hydrogen (secondary N) is 2. The van der Waals surface area contributed by atoms with Crippen molar-refractivity contribution in [1.29, 1.82) is 0 Å². The lowest BCUT2D eigenvalue weighted by molar-refractivity contribution is -0.120. The molecule has 4 rings (SSSR count). The largest absolute Gasteiger partial charge is 0.334 e. The lowest BCUT2D eigenvalue weighted by Crippen LogP contribution is -2.41. The molecule has 2 N–H and O–H groups in total. The Labute approximate surface area is 171 Å². The number of fused-ring (bicyclic) bond motifs is 3. The van der Waals surface area contributed by atoms with Gasteiger partial charge in [0.1, 0.15) is 11.4 Å². The van der Waals surface area contributed by atoms with Gasteiger partial charge in [0.25, 0.3) is 5.56 Å². The van der Waals surface area contributed by atoms with Gasteiger partial charge in [-0.25, -0.2) is 9.78 Å². The Kier molecular flexibility index (Phi) is 5.44. The van der Waals surface area contributed by atoms with E-state index in [9.17, 15) is 14.4 Å². The zero-order valence-electron chi connectivity index (χ0n) is 16.1. The number of imide groups is 1. The molecule has 0 radical (unpaired) electrons. The maximum absolute atomic E-state index is 12.9. The molecule has 1 aliphatic carbocycles. The monoisotopic (exact) mass is 410 g/mol. The van der Waals surface area contributed by atoms with Crippen molar-refractivity contribution >= 4 is 33.5 Å². The summed E-state index contributed by atoms with van der Waals surface area (Å²) in [5.74, 6) is 0.0505. The topological polar surface area (TPSA) is 93.1 Å². The van der Waals surface area contributed by atoms with E-state index >= 15 is 0 Å². The number of nitrogens with zero attached hydrogens (tertiary/aromatic N) is 2. The molecule has 3 aromatic rings. The van der Waals surface area contributed by atoms with Crippen LogP contribution in [0.15, 0.2) is 41.5 Å². The van der Waals surface area contributed by atoms with Crippen LogP contribution in [0.3, 0.4) is 0 Å². The highest BCUT2D eigenvalue weighted by Crippen LogP contribution is 2.35. The Morgan fingerprint density at radius 3 is 2.86 bits per heavy atom. The van der Waals surface area contributed by atoms with Crippen molar-refractivity contribution in [2.24, 2.45) is 5.92 Å². The SMILES string of the molecule is C[C@@H]1CCc2c(sc3ncn(CC(=O)NC(=O)NCc4ccccc4)c(=O)c23)C1. The molecule has 2 aromatic heterocycles. The van der Waals surface area contributed by atoms with E-state index in [1.807, 2.05) is 30.3 Å². The summed E-state index contributed by atoms with van der Waals surface area (Å²) < 4.78 is 1.27. The predicted octanol–water partition coefficient (Wildman–Crippen LogP) is 2.61. The molecular weight excluding hydrogens is 388 g/mol. The molecule has 0 fully saturated rings. The van der Waals surface area contributed by atoms with Gasteiger partial charge >= 0.3 is 6.03 Å². The van der Waals surface area contributed by atoms with Crippen LogP contribution in [0.1, 0.15) is 29.3 Å². The number of urea groups is 1. The first-order chi connectivity index (χ1) is 14.0. The lowest BCUT2D eigenvalue weighted by Gasteiger charge is -2.17. The third-order valence-electron chi connectivity index (χ3n) is 5.14. The third-order valence-corrected chi connectivity index (χ3v) is 6.31. The van der Waals surface area contributed by atoms with Crippen LogP contribution in [0.2, 0.25) is 0 Å². The van der Waals surface area contributed by atoms with Gasteiger partial charge in [-0.1, -0.05) is 37.3 Å². The number of aryl methyl sites for hydroxylation is 1. The van der Waals surface area contributed by atoms with Crippen molar-refractivity contribution in [1.82, 2.24) is 20.2 Å². The number of carbonyl (C=O) groups excluding carboxylic acids is 2. The second-order valence-corrected chi connectivity index (χ2v) is 8.51. The summed E-state index contributed by atoms with van der Waals surface area (Å²) in [7, 11) is 0. The molecule has 8 heteroatoms. The van der Waals surface area contributed by atoms with Crippen LogP contribution in [0.25, 0.3) is 10.2 Å². The average molecular weight is 410 g/mol. The average Bonchev–Trinajstić information content (AvgIpc) is 3.07. The Balaban J connectivity index is 1.43. The fraction of sp³-hybridized carbons (Fsp3) is 0.333. The summed E-state index contributed by atoms with van der Waals surface area (Å²) in [6.07, 6.45) is 4.27. The van der Waals surface area contributed by atoms with Crippen LogP contribution in [-0.4, -0.2) is 21.5 Å². The van der Waals surface area contributed by atoms with Crippen molar-refractivity contribution in [2.75, 3.05) is 0 Å². The van der Waals surface area contributed by atoms with Crippen molar-refractivity contribution in [3.63, 3.8) is 0 Å². The summed E-state index contributed by atoms with van der Waals surface area (Å²) in [5, 5.41) is 5.52. The second-order valence-electron chi connectivity index (χ2n) is 7.43. The van der Waals surface area contributed by atoms with Gasteiger partial charge in [-0.3, -0.25) is 19.5 Å². The molecule has 0 unspecified atom stereocenters. The zero-order chi connectivity index (χ0) is 20.4. The fourth-order valence-corrected chi connectivity index (χ4v) is 4.96. The second kappa shape index (κ2) is 8.16. The molecule has 0 spiro atoms. The quantitative estimate of drug-likeness (QED) is 0.691. The van der Waals surface area contributed by atoms with Gasteiger partial charge in [-0.05, 0) is 36.3 Å². The van der Waals surface area contributed by atoms with Crippen molar-refractivity contribution in [3.05, 3.63) is 63.0 Å². The van der Waals surface area contributed by atoms with E-state index in [1.165, 1.54) is 15.8 Å². The van der Waals surface area contributed by atoms with Crippen LogP contribution in [-0.2, 0) is 30.7 Å². The van der Waals surface area contributed by atoms with E-state index in [1.54, 1.807) is 11.3 Å². The molecule has 1 aromatic carbocycles. The first kappa shape index (κ1) is 19.3. The van der Waals surface area contributed by atoms with Crippen LogP contribution in [0.5, 0.6) is 0 Å². The molecule has 0 bridgehead atoms. The number of carbonyl (C=O) groups is 2. The van der Waals surface area contributed by atoms with Gasteiger partial charge in [0.15, 0.2) is 0 Å². The van der Waals surface area contributed by atoms with Gasteiger partial charge < -0.3 is 5.32 Å². The van der Waals surface area contributed by atoms with Gasteiger partial charge in [-0.15, -0.1) is 11.3 Å². The molecule has 0 saturated heterocycles. The first-order valence-corrected chi connectivity index (χ1v) is 10.4. The van der Waals surface area contributed by atoms with Crippen molar-refractivity contribution in [3.8, 4) is 0 Å². The number of benzene rings is 1. The highest BCUT2D eigenvalue weighted by molar-refractivity contribution is 7.18. The van der Waals surface area contributed by atoms with E-state index < -0.39 is 11.9 Å². The smallest absolute Gasteiger partial charge is 0.321 e. The molecule has 2 heterocycles. The Morgan fingerprint density at radius 1 is 1.28 bits per heavy atom. The molecule has 0 aliphatic heterocycles. The maximum atomic E-state index is 12.9. The molecule has 1 aliphatic rings.